The van der Waals surface area contributed by atoms with Gasteiger partial charge in [0.05, 0.1) is 12.7 Å². The molecular weight excluding hydrogens is 508 g/mol. The van der Waals surface area contributed by atoms with Crippen LogP contribution in [-0.4, -0.2) is 56.3 Å². The summed E-state index contributed by atoms with van der Waals surface area (Å²) in [5.41, 5.74) is 9.28. The van der Waals surface area contributed by atoms with Crippen LogP contribution in [0.15, 0.2) is 60.9 Å². The molecule has 4 heterocycles. The molecule has 2 unspecified atom stereocenters. The number of pyridine rings is 2. The number of fused-ring (bicyclic) bond motifs is 3. The summed E-state index contributed by atoms with van der Waals surface area (Å²) < 4.78 is 6.89. The summed E-state index contributed by atoms with van der Waals surface area (Å²) in [5.74, 6) is 0.134. The van der Waals surface area contributed by atoms with Crippen molar-refractivity contribution in [1.29, 1.82) is 0 Å². The van der Waals surface area contributed by atoms with Gasteiger partial charge in [-0.15, -0.1) is 0 Å². The Hall–Kier alpha value is -4.73. The number of piperidine rings is 1. The number of rotatable bonds is 7. The van der Waals surface area contributed by atoms with E-state index in [1.165, 1.54) is 0 Å². The number of methoxy groups -OCH3 is 1. The predicted molar refractivity (Wildman–Crippen MR) is 150 cm³/mol. The highest BCUT2D eigenvalue weighted by Crippen LogP contribution is 2.43. The monoisotopic (exact) mass is 538 g/mol. The lowest BCUT2D eigenvalue weighted by Gasteiger charge is -2.34. The van der Waals surface area contributed by atoms with Gasteiger partial charge in [-0.1, -0.05) is 12.1 Å². The highest BCUT2D eigenvalue weighted by Gasteiger charge is 2.51. The minimum absolute atomic E-state index is 0.0110. The number of anilines is 1. The van der Waals surface area contributed by atoms with Crippen molar-refractivity contribution in [1.82, 2.24) is 19.4 Å². The van der Waals surface area contributed by atoms with E-state index in [9.17, 15) is 14.4 Å². The number of carbonyl (C=O) groups excluding carboxylic acids is 3. The first-order chi connectivity index (χ1) is 19.3. The average Bonchev–Trinajstić information content (AvgIpc) is 3.66. The number of nitrogens with two attached hydrogens (primary N) is 1. The SMILES string of the molecule is COc1ccc(-c2ccc3c(c2)c(C(N)=O)cn3CC(=O)N2C3CCC(C3)[C@H]2C(=O)Nc2cccc(C)n2)cn1. The number of primary amides is 1. The van der Waals surface area contributed by atoms with Crippen molar-refractivity contribution in [3.63, 3.8) is 0 Å². The third-order valence-corrected chi connectivity index (χ3v) is 8.01. The number of aromatic nitrogens is 3. The molecule has 204 valence electrons. The van der Waals surface area contributed by atoms with Gasteiger partial charge in [-0.25, -0.2) is 9.97 Å². The number of likely N-dealkylation sites (tertiary alicyclic amines) is 1. The first-order valence-electron chi connectivity index (χ1n) is 13.3. The molecule has 40 heavy (non-hydrogen) atoms. The zero-order valence-electron chi connectivity index (χ0n) is 22.3. The fraction of sp³-hybridized carbons (Fsp3) is 0.300. The van der Waals surface area contributed by atoms with Crippen molar-refractivity contribution < 1.29 is 19.1 Å². The zero-order chi connectivity index (χ0) is 28.0. The van der Waals surface area contributed by atoms with Gasteiger partial charge in [0.25, 0.3) is 5.91 Å². The van der Waals surface area contributed by atoms with Gasteiger partial charge in [0, 0.05) is 46.7 Å². The highest BCUT2D eigenvalue weighted by molar-refractivity contribution is 6.07. The molecule has 3 N–H and O–H groups in total. The van der Waals surface area contributed by atoms with Crippen LogP contribution >= 0.6 is 0 Å². The molecule has 0 radical (unpaired) electrons. The Labute approximate surface area is 231 Å². The number of benzene rings is 1. The van der Waals surface area contributed by atoms with Gasteiger partial charge in [-0.3, -0.25) is 14.4 Å². The first kappa shape index (κ1) is 25.5. The van der Waals surface area contributed by atoms with Gasteiger partial charge in [0.2, 0.25) is 17.7 Å². The second-order valence-corrected chi connectivity index (χ2v) is 10.5. The topological polar surface area (TPSA) is 132 Å². The Morgan fingerprint density at radius 3 is 2.65 bits per heavy atom. The second-order valence-electron chi connectivity index (χ2n) is 10.5. The number of ether oxygens (including phenoxy) is 1. The molecule has 0 spiro atoms. The molecule has 2 aliphatic rings. The summed E-state index contributed by atoms with van der Waals surface area (Å²) in [6.07, 6.45) is 5.92. The molecule has 6 rings (SSSR count). The van der Waals surface area contributed by atoms with E-state index in [2.05, 4.69) is 15.3 Å². The number of amides is 3. The van der Waals surface area contributed by atoms with E-state index >= 15 is 0 Å². The van der Waals surface area contributed by atoms with Crippen molar-refractivity contribution in [3.8, 4) is 17.0 Å². The third-order valence-electron chi connectivity index (χ3n) is 8.01. The van der Waals surface area contributed by atoms with E-state index in [4.69, 9.17) is 10.5 Å². The Bertz CT molecular complexity index is 1630. The molecule has 1 aromatic carbocycles. The summed E-state index contributed by atoms with van der Waals surface area (Å²) in [4.78, 5) is 49.9. The number of carbonyl (C=O) groups is 3. The maximum Gasteiger partial charge on any atom is 0.250 e. The van der Waals surface area contributed by atoms with E-state index in [1.807, 2.05) is 43.3 Å². The molecule has 3 aromatic heterocycles. The van der Waals surface area contributed by atoms with E-state index in [-0.39, 0.29) is 30.3 Å². The predicted octanol–water partition coefficient (Wildman–Crippen LogP) is 3.53. The Morgan fingerprint density at radius 2 is 1.93 bits per heavy atom. The van der Waals surface area contributed by atoms with Gasteiger partial charge < -0.3 is 25.3 Å². The van der Waals surface area contributed by atoms with Crippen molar-refractivity contribution in [3.05, 3.63) is 72.2 Å². The quantitative estimate of drug-likeness (QED) is 0.370. The van der Waals surface area contributed by atoms with E-state index in [1.54, 1.807) is 41.1 Å². The molecule has 1 aliphatic carbocycles. The molecule has 1 saturated carbocycles. The van der Waals surface area contributed by atoms with Gasteiger partial charge in [-0.05, 0) is 68.0 Å². The Kier molecular flexibility index (Phi) is 6.45. The summed E-state index contributed by atoms with van der Waals surface area (Å²) in [7, 11) is 1.56. The summed E-state index contributed by atoms with van der Waals surface area (Å²) in [6.45, 7) is 1.85. The van der Waals surface area contributed by atoms with E-state index in [0.29, 0.717) is 28.2 Å². The van der Waals surface area contributed by atoms with Crippen molar-refractivity contribution in [2.75, 3.05) is 12.4 Å². The Balaban J connectivity index is 1.28. The number of nitrogens with zero attached hydrogens (tertiary/aromatic N) is 4. The van der Waals surface area contributed by atoms with Gasteiger partial charge in [-0.2, -0.15) is 0 Å². The molecule has 1 saturated heterocycles. The normalized spacial score (nSPS) is 19.6. The first-order valence-corrected chi connectivity index (χ1v) is 13.3. The van der Waals surface area contributed by atoms with Crippen LogP contribution in [0.1, 0.15) is 35.3 Å². The van der Waals surface area contributed by atoms with E-state index < -0.39 is 11.9 Å². The van der Waals surface area contributed by atoms with Gasteiger partial charge in [0.15, 0.2) is 0 Å². The fourth-order valence-electron chi connectivity index (χ4n) is 6.20. The summed E-state index contributed by atoms with van der Waals surface area (Å²) in [5, 5.41) is 3.56. The number of aryl methyl sites for hydroxylation is 1. The maximum atomic E-state index is 13.8. The molecule has 3 atom stereocenters. The third kappa shape index (κ3) is 4.55. The van der Waals surface area contributed by atoms with Crippen LogP contribution < -0.4 is 15.8 Å². The standard InChI is InChI=1S/C30H30N6O4/c1-17-4-3-5-25(33-17)34-30(39)28-19-6-9-21(12-19)36(28)27(37)16-35-15-23(29(31)38)22-13-18(7-10-24(22)35)20-8-11-26(40-2)32-14-20/h3-5,7-8,10-11,13-15,19,21,28H,6,9,12,16H2,1-2H3,(H2,31,38)(H,33,34,39)/t19?,21?,28-/m0/s1. The largest absolute Gasteiger partial charge is 0.481 e. The second kappa shape index (κ2) is 10.1. The maximum absolute atomic E-state index is 13.8. The van der Waals surface area contributed by atoms with Crippen molar-refractivity contribution in [2.45, 2.75) is 44.8 Å². The van der Waals surface area contributed by atoms with Crippen LogP contribution in [0.3, 0.4) is 0 Å². The number of hydrogen-bond acceptors (Lipinski definition) is 6. The minimum atomic E-state index is -0.579. The average molecular weight is 539 g/mol. The van der Waals surface area contributed by atoms with Gasteiger partial charge in [0.1, 0.15) is 18.4 Å². The molecule has 4 aromatic rings. The zero-order valence-corrected chi connectivity index (χ0v) is 22.3. The van der Waals surface area contributed by atoms with E-state index in [0.717, 1.165) is 36.1 Å². The number of hydrogen-bond donors (Lipinski definition) is 2. The molecular formula is C30H30N6O4. The Morgan fingerprint density at radius 1 is 1.10 bits per heavy atom. The lowest BCUT2D eigenvalue weighted by atomic mass is 9.97. The van der Waals surface area contributed by atoms with Crippen LogP contribution in [-0.2, 0) is 16.1 Å². The molecule has 3 amide bonds. The van der Waals surface area contributed by atoms with Gasteiger partial charge >= 0.3 is 0 Å². The molecule has 10 nitrogen and oxygen atoms in total. The van der Waals surface area contributed by atoms with Crippen molar-refractivity contribution in [2.24, 2.45) is 11.7 Å². The molecule has 1 aliphatic heterocycles. The lowest BCUT2D eigenvalue weighted by molar-refractivity contribution is -0.141. The van der Waals surface area contributed by atoms with Crippen LogP contribution in [0.2, 0.25) is 0 Å². The summed E-state index contributed by atoms with van der Waals surface area (Å²) in [6, 6.07) is 14.2. The summed E-state index contributed by atoms with van der Waals surface area (Å²) >= 11 is 0. The van der Waals surface area contributed by atoms with Crippen LogP contribution in [0.5, 0.6) is 5.88 Å². The molecule has 2 bridgehead atoms. The highest BCUT2D eigenvalue weighted by atomic mass is 16.5. The molecule has 10 heteroatoms. The molecule has 2 fully saturated rings. The smallest absolute Gasteiger partial charge is 0.250 e. The van der Waals surface area contributed by atoms with Crippen LogP contribution in [0.4, 0.5) is 5.82 Å². The van der Waals surface area contributed by atoms with Crippen LogP contribution in [0, 0.1) is 12.8 Å². The number of nitrogens with one attached hydrogen (secondary N) is 1. The lowest BCUT2D eigenvalue weighted by Crippen LogP contribution is -2.51. The van der Waals surface area contributed by atoms with Crippen molar-refractivity contribution >= 4 is 34.4 Å². The van der Waals surface area contributed by atoms with Crippen LogP contribution in [0.25, 0.3) is 22.0 Å². The fourth-order valence-corrected chi connectivity index (χ4v) is 6.20. The minimum Gasteiger partial charge on any atom is -0.481 e.